The van der Waals surface area contributed by atoms with Crippen molar-refractivity contribution in [2.75, 3.05) is 6.61 Å². The van der Waals surface area contributed by atoms with E-state index in [2.05, 4.69) is 4.98 Å². The number of carbonyl (C=O) groups excluding carboxylic acids is 1. The van der Waals surface area contributed by atoms with Crippen LogP contribution in [0, 0.1) is 5.82 Å². The lowest BCUT2D eigenvalue weighted by Gasteiger charge is -2.07. The average molecular weight is 319 g/mol. The molecule has 0 saturated heterocycles. The van der Waals surface area contributed by atoms with E-state index in [4.69, 9.17) is 27.9 Å². The van der Waals surface area contributed by atoms with Crippen LogP contribution < -0.4 is 0 Å². The van der Waals surface area contributed by atoms with Crippen LogP contribution in [0.15, 0.2) is 12.1 Å². The number of imidazole rings is 1. The molecular weight excluding hydrogens is 306 g/mol. The summed E-state index contributed by atoms with van der Waals surface area (Å²) in [5, 5.41) is 0.0101. The van der Waals surface area contributed by atoms with Gasteiger partial charge in [-0.15, -0.1) is 11.6 Å². The fourth-order valence-corrected chi connectivity index (χ4v) is 2.32. The van der Waals surface area contributed by atoms with Gasteiger partial charge in [0.1, 0.15) is 11.6 Å². The minimum atomic E-state index is -0.532. The number of ether oxygens (including phenoxy) is 1. The van der Waals surface area contributed by atoms with Gasteiger partial charge in [0.05, 0.1) is 35.0 Å². The SMILES string of the molecule is CCOC(=O)CCn1c(CCl)nc2cc(F)c(Cl)cc21. The summed E-state index contributed by atoms with van der Waals surface area (Å²) < 4.78 is 20.1. The zero-order chi connectivity index (χ0) is 14.7. The van der Waals surface area contributed by atoms with E-state index in [0.29, 0.717) is 30.0 Å². The molecule has 0 fully saturated rings. The first kappa shape index (κ1) is 15.1. The van der Waals surface area contributed by atoms with Gasteiger partial charge in [-0.3, -0.25) is 4.79 Å². The summed E-state index contributed by atoms with van der Waals surface area (Å²) in [5.41, 5.74) is 1.11. The zero-order valence-corrected chi connectivity index (χ0v) is 12.3. The topological polar surface area (TPSA) is 44.1 Å². The highest BCUT2D eigenvalue weighted by Gasteiger charge is 2.14. The molecule has 1 aromatic carbocycles. The number of hydrogen-bond donors (Lipinski definition) is 0. The molecule has 0 atom stereocenters. The highest BCUT2D eigenvalue weighted by Crippen LogP contribution is 2.24. The van der Waals surface area contributed by atoms with Gasteiger partial charge in [-0.1, -0.05) is 11.6 Å². The zero-order valence-electron chi connectivity index (χ0n) is 10.8. The first-order valence-electron chi connectivity index (χ1n) is 6.12. The Kier molecular flexibility index (Phi) is 4.83. The van der Waals surface area contributed by atoms with Gasteiger partial charge in [-0.25, -0.2) is 9.37 Å². The summed E-state index contributed by atoms with van der Waals surface area (Å²) in [5.74, 6) is -0.109. The fourth-order valence-electron chi connectivity index (χ4n) is 1.96. The maximum absolute atomic E-state index is 13.4. The van der Waals surface area contributed by atoms with Crippen molar-refractivity contribution < 1.29 is 13.9 Å². The third-order valence-corrected chi connectivity index (χ3v) is 3.36. The van der Waals surface area contributed by atoms with Crippen molar-refractivity contribution in [1.29, 1.82) is 0 Å². The van der Waals surface area contributed by atoms with Gasteiger partial charge in [0.2, 0.25) is 0 Å². The van der Waals surface area contributed by atoms with Gasteiger partial charge in [-0.2, -0.15) is 0 Å². The van der Waals surface area contributed by atoms with Crippen molar-refractivity contribution in [3.8, 4) is 0 Å². The van der Waals surface area contributed by atoms with Crippen molar-refractivity contribution in [3.63, 3.8) is 0 Å². The minimum absolute atomic E-state index is 0.0101. The number of hydrogen-bond acceptors (Lipinski definition) is 3. The van der Waals surface area contributed by atoms with E-state index in [-0.39, 0.29) is 23.3 Å². The first-order chi connectivity index (χ1) is 9.56. The van der Waals surface area contributed by atoms with E-state index in [1.807, 2.05) is 0 Å². The molecule has 0 amide bonds. The highest BCUT2D eigenvalue weighted by molar-refractivity contribution is 6.31. The Labute approximate surface area is 125 Å². The minimum Gasteiger partial charge on any atom is -0.466 e. The monoisotopic (exact) mass is 318 g/mol. The largest absolute Gasteiger partial charge is 0.466 e. The van der Waals surface area contributed by atoms with Crippen LogP contribution in [0.2, 0.25) is 5.02 Å². The number of rotatable bonds is 5. The number of carbonyl (C=O) groups is 1. The number of halogens is 3. The van der Waals surface area contributed by atoms with E-state index >= 15 is 0 Å². The van der Waals surface area contributed by atoms with Crippen molar-refractivity contribution in [1.82, 2.24) is 9.55 Å². The Hall–Kier alpha value is -1.33. The summed E-state index contributed by atoms with van der Waals surface area (Å²) in [7, 11) is 0. The molecule has 0 aliphatic heterocycles. The summed E-state index contributed by atoms with van der Waals surface area (Å²) in [6.45, 7) is 2.44. The molecule has 2 aromatic rings. The van der Waals surface area contributed by atoms with Crippen LogP contribution in [-0.2, 0) is 22.0 Å². The Balaban J connectivity index is 2.35. The molecule has 0 spiro atoms. The van der Waals surface area contributed by atoms with Crippen LogP contribution >= 0.6 is 23.2 Å². The molecule has 1 heterocycles. The Morgan fingerprint density at radius 2 is 2.25 bits per heavy atom. The van der Waals surface area contributed by atoms with Crippen LogP contribution in [0.25, 0.3) is 11.0 Å². The molecule has 2 rings (SSSR count). The van der Waals surface area contributed by atoms with Crippen LogP contribution in [-0.4, -0.2) is 22.1 Å². The Bertz CT molecular complexity index is 643. The second kappa shape index (κ2) is 6.41. The molecule has 0 aliphatic rings. The van der Waals surface area contributed by atoms with Gasteiger partial charge >= 0.3 is 5.97 Å². The van der Waals surface area contributed by atoms with E-state index < -0.39 is 5.82 Å². The normalized spacial score (nSPS) is 11.0. The number of benzene rings is 1. The van der Waals surface area contributed by atoms with Crippen LogP contribution in [0.5, 0.6) is 0 Å². The summed E-state index contributed by atoms with van der Waals surface area (Å²) >= 11 is 11.6. The summed E-state index contributed by atoms with van der Waals surface area (Å²) in [6, 6.07) is 2.75. The second-order valence-electron chi connectivity index (χ2n) is 4.12. The third-order valence-electron chi connectivity index (χ3n) is 2.83. The van der Waals surface area contributed by atoms with E-state index in [0.717, 1.165) is 0 Å². The molecule has 20 heavy (non-hydrogen) atoms. The Morgan fingerprint density at radius 3 is 2.90 bits per heavy atom. The number of esters is 1. The number of fused-ring (bicyclic) bond motifs is 1. The maximum atomic E-state index is 13.4. The van der Waals surface area contributed by atoms with Gasteiger partial charge in [0.25, 0.3) is 0 Å². The molecule has 0 radical (unpaired) electrons. The molecule has 0 saturated carbocycles. The molecule has 0 unspecified atom stereocenters. The van der Waals surface area contributed by atoms with Crippen LogP contribution in [0.1, 0.15) is 19.2 Å². The van der Waals surface area contributed by atoms with Gasteiger partial charge in [-0.05, 0) is 13.0 Å². The van der Waals surface area contributed by atoms with E-state index in [1.165, 1.54) is 12.1 Å². The average Bonchev–Trinajstić information content (AvgIpc) is 2.74. The predicted molar refractivity (Wildman–Crippen MR) is 75.5 cm³/mol. The summed E-state index contributed by atoms with van der Waals surface area (Å²) in [4.78, 5) is 15.7. The molecule has 0 bridgehead atoms. The molecule has 0 N–H and O–H groups in total. The van der Waals surface area contributed by atoms with Gasteiger partial charge in [0, 0.05) is 12.6 Å². The predicted octanol–water partition coefficient (Wildman–Crippen LogP) is 3.52. The molecule has 0 aliphatic carbocycles. The molecule has 7 heteroatoms. The van der Waals surface area contributed by atoms with Crippen molar-refractivity contribution in [2.45, 2.75) is 25.8 Å². The lowest BCUT2D eigenvalue weighted by molar-refractivity contribution is -0.143. The maximum Gasteiger partial charge on any atom is 0.307 e. The smallest absolute Gasteiger partial charge is 0.307 e. The van der Waals surface area contributed by atoms with E-state index in [1.54, 1.807) is 11.5 Å². The molecular formula is C13H13Cl2FN2O2. The lowest BCUT2D eigenvalue weighted by atomic mass is 10.3. The number of aromatic nitrogens is 2. The lowest BCUT2D eigenvalue weighted by Crippen LogP contribution is -2.10. The first-order valence-corrected chi connectivity index (χ1v) is 7.03. The van der Waals surface area contributed by atoms with Gasteiger partial charge < -0.3 is 9.30 Å². The van der Waals surface area contributed by atoms with Crippen LogP contribution in [0.4, 0.5) is 4.39 Å². The number of aryl methyl sites for hydroxylation is 1. The van der Waals surface area contributed by atoms with Crippen molar-refractivity contribution in [3.05, 3.63) is 28.8 Å². The number of alkyl halides is 1. The summed E-state index contributed by atoms with van der Waals surface area (Å²) in [6.07, 6.45) is 0.193. The second-order valence-corrected chi connectivity index (χ2v) is 4.80. The van der Waals surface area contributed by atoms with Gasteiger partial charge in [0.15, 0.2) is 0 Å². The standard InChI is InChI=1S/C13H13Cl2FN2O2/c1-2-20-13(19)3-4-18-11-5-8(15)9(16)6-10(11)17-12(18)7-14/h5-6H,2-4,7H2,1H3. The molecule has 4 nitrogen and oxygen atoms in total. The van der Waals surface area contributed by atoms with Crippen LogP contribution in [0.3, 0.4) is 0 Å². The highest BCUT2D eigenvalue weighted by atomic mass is 35.5. The quantitative estimate of drug-likeness (QED) is 0.626. The van der Waals surface area contributed by atoms with Crippen molar-refractivity contribution in [2.24, 2.45) is 0 Å². The molecule has 108 valence electrons. The molecule has 1 aromatic heterocycles. The van der Waals surface area contributed by atoms with Crippen molar-refractivity contribution >= 4 is 40.2 Å². The number of nitrogens with zero attached hydrogens (tertiary/aromatic N) is 2. The fraction of sp³-hybridized carbons (Fsp3) is 0.385. The Morgan fingerprint density at radius 1 is 1.50 bits per heavy atom. The van der Waals surface area contributed by atoms with E-state index in [9.17, 15) is 9.18 Å². The third kappa shape index (κ3) is 3.04.